The van der Waals surface area contributed by atoms with E-state index in [2.05, 4.69) is 11.9 Å². The monoisotopic (exact) mass is 466 g/mol. The molecule has 0 bridgehead atoms. The zero-order valence-electron chi connectivity index (χ0n) is 10.9. The Labute approximate surface area is 136 Å². The maximum absolute atomic E-state index is 11.8. The number of carboxylic acid groups (broad SMARTS) is 1. The first kappa shape index (κ1) is 17.3. The Morgan fingerprint density at radius 2 is 2.30 bits per heavy atom. The van der Waals surface area contributed by atoms with Gasteiger partial charge in [0.25, 0.3) is 0 Å². The summed E-state index contributed by atoms with van der Waals surface area (Å²) < 4.78 is 0. The van der Waals surface area contributed by atoms with Crippen LogP contribution in [-0.4, -0.2) is 51.6 Å². The minimum Gasteiger partial charge on any atom is -0.476 e. The zero-order chi connectivity index (χ0) is 13.8. The minimum atomic E-state index is -1.02. The van der Waals surface area contributed by atoms with Crippen molar-refractivity contribution in [1.29, 1.82) is 0 Å². The fraction of sp³-hybridized carbons (Fsp3) is 0.500. The van der Waals surface area contributed by atoms with Crippen LogP contribution in [-0.2, 0) is 32.3 Å². The second-order valence-corrected chi connectivity index (χ2v) is 5.20. The van der Waals surface area contributed by atoms with Gasteiger partial charge in [0.2, 0.25) is 5.91 Å². The number of nitrogens with zero attached hydrogens (tertiary/aromatic N) is 3. The molecular formula is C12H16N3O3SW-. The van der Waals surface area contributed by atoms with Gasteiger partial charge in [0, 0.05) is 52.4 Å². The van der Waals surface area contributed by atoms with Crippen LogP contribution < -0.4 is 0 Å². The number of aromatic nitrogens is 1. The molecule has 1 amide bonds. The van der Waals surface area contributed by atoms with Gasteiger partial charge in [-0.05, 0) is 6.42 Å². The normalized spacial score (nSPS) is 16.1. The average molecular weight is 466 g/mol. The van der Waals surface area contributed by atoms with Gasteiger partial charge in [-0.2, -0.15) is 0 Å². The number of aromatic carboxylic acids is 1. The molecule has 1 aliphatic heterocycles. The molecule has 1 aromatic heterocycles. The van der Waals surface area contributed by atoms with Crippen molar-refractivity contribution in [1.82, 2.24) is 15.0 Å². The Morgan fingerprint density at radius 1 is 1.55 bits per heavy atom. The van der Waals surface area contributed by atoms with E-state index < -0.39 is 5.97 Å². The number of hydrazine groups is 1. The first-order valence-electron chi connectivity index (χ1n) is 6.14. The van der Waals surface area contributed by atoms with E-state index in [0.717, 1.165) is 18.0 Å². The molecule has 0 saturated carbocycles. The number of hydrogen-bond acceptors (Lipinski definition) is 5. The van der Waals surface area contributed by atoms with Gasteiger partial charge in [-0.3, -0.25) is 9.80 Å². The number of amides is 1. The van der Waals surface area contributed by atoms with E-state index in [1.165, 1.54) is 16.7 Å². The maximum atomic E-state index is 11.8. The molecule has 6 nitrogen and oxygen atoms in total. The summed E-state index contributed by atoms with van der Waals surface area (Å²) in [6, 6.07) is 0. The molecule has 2 heterocycles. The first-order chi connectivity index (χ1) is 9.11. The van der Waals surface area contributed by atoms with Gasteiger partial charge in [-0.25, -0.2) is 14.8 Å². The Morgan fingerprint density at radius 3 is 2.90 bits per heavy atom. The predicted octanol–water partition coefficient (Wildman–Crippen LogP) is 1.05. The summed E-state index contributed by atoms with van der Waals surface area (Å²) in [5.41, 5.74) is 0.0685. The van der Waals surface area contributed by atoms with Crippen LogP contribution >= 0.6 is 11.3 Å². The maximum Gasteiger partial charge on any atom is 0.355 e. The third kappa shape index (κ3) is 4.10. The first-order valence-corrected chi connectivity index (χ1v) is 7.02. The van der Waals surface area contributed by atoms with E-state index in [-0.39, 0.29) is 32.7 Å². The molecule has 110 valence electrons. The fourth-order valence-corrected chi connectivity index (χ4v) is 2.81. The summed E-state index contributed by atoms with van der Waals surface area (Å²) in [5, 5.41) is 14.7. The molecule has 1 saturated heterocycles. The average Bonchev–Trinajstić information content (AvgIpc) is 2.86. The molecule has 1 aromatic rings. The molecule has 0 radical (unpaired) electrons. The van der Waals surface area contributed by atoms with Gasteiger partial charge in [-0.15, -0.1) is 17.9 Å². The van der Waals surface area contributed by atoms with Crippen LogP contribution in [0.1, 0.15) is 28.3 Å². The van der Waals surface area contributed by atoms with Crippen molar-refractivity contribution >= 4 is 23.2 Å². The van der Waals surface area contributed by atoms with Crippen molar-refractivity contribution < 1.29 is 35.8 Å². The standard InChI is InChI=1S/C12H16N3O3S.W/c1-2-14-6-3-4-11(16)15(14)7-5-10-13-9(8-19-10)12(17)18;/h8H,1-7H2,(H,17,18);/q-1;. The number of carboxylic acids is 1. The molecular weight excluding hydrogens is 450 g/mol. The van der Waals surface area contributed by atoms with Gasteiger partial charge in [0.05, 0.1) is 5.01 Å². The summed E-state index contributed by atoms with van der Waals surface area (Å²) in [5.74, 6) is -0.916. The SMILES string of the molecule is [CH2-]CN1CCCC(=O)N1CCc1nc(C(=O)O)cs1.[W]. The van der Waals surface area contributed by atoms with Crippen molar-refractivity contribution in [2.24, 2.45) is 0 Å². The number of thiazole rings is 1. The van der Waals surface area contributed by atoms with Gasteiger partial charge in [0.15, 0.2) is 5.69 Å². The fourth-order valence-electron chi connectivity index (χ4n) is 2.04. The van der Waals surface area contributed by atoms with Gasteiger partial charge >= 0.3 is 5.97 Å². The molecule has 20 heavy (non-hydrogen) atoms. The predicted molar refractivity (Wildman–Crippen MR) is 70.7 cm³/mol. The second-order valence-electron chi connectivity index (χ2n) is 4.26. The molecule has 8 heteroatoms. The van der Waals surface area contributed by atoms with Crippen molar-refractivity contribution in [3.05, 3.63) is 23.0 Å². The van der Waals surface area contributed by atoms with E-state index in [0.29, 0.717) is 25.9 Å². The van der Waals surface area contributed by atoms with Crippen molar-refractivity contribution in [3.63, 3.8) is 0 Å². The molecule has 1 fully saturated rings. The number of rotatable bonds is 5. The summed E-state index contributed by atoms with van der Waals surface area (Å²) in [6.07, 6.45) is 2.00. The van der Waals surface area contributed by atoms with E-state index in [9.17, 15) is 9.59 Å². The Balaban J connectivity index is 0.00000200. The summed E-state index contributed by atoms with van der Waals surface area (Å²) in [6.45, 7) is 5.75. The number of carbonyl (C=O) groups excluding carboxylic acids is 1. The van der Waals surface area contributed by atoms with E-state index in [1.807, 2.05) is 5.01 Å². The van der Waals surface area contributed by atoms with Crippen LogP contribution in [0, 0.1) is 6.92 Å². The minimum absolute atomic E-state index is 0. The Kier molecular flexibility index (Phi) is 6.79. The summed E-state index contributed by atoms with van der Waals surface area (Å²) in [4.78, 5) is 26.6. The molecule has 0 aliphatic carbocycles. The molecule has 0 unspecified atom stereocenters. The molecule has 0 atom stereocenters. The largest absolute Gasteiger partial charge is 0.476 e. The third-order valence-corrected chi connectivity index (χ3v) is 3.91. The van der Waals surface area contributed by atoms with Crippen LogP contribution in [0.25, 0.3) is 0 Å². The molecule has 2 rings (SSSR count). The smallest absolute Gasteiger partial charge is 0.355 e. The van der Waals surface area contributed by atoms with Gasteiger partial charge in [-0.1, -0.05) is 0 Å². The van der Waals surface area contributed by atoms with E-state index >= 15 is 0 Å². The van der Waals surface area contributed by atoms with Gasteiger partial charge < -0.3 is 12.0 Å². The quantitative estimate of drug-likeness (QED) is 0.658. The van der Waals surface area contributed by atoms with Gasteiger partial charge in [0.1, 0.15) is 0 Å². The molecule has 0 aromatic carbocycles. The van der Waals surface area contributed by atoms with Crippen LogP contribution in [0.3, 0.4) is 0 Å². The number of carbonyl (C=O) groups is 2. The van der Waals surface area contributed by atoms with Crippen LogP contribution in [0.4, 0.5) is 0 Å². The van der Waals surface area contributed by atoms with Crippen molar-refractivity contribution in [2.75, 3.05) is 19.6 Å². The number of hydrogen-bond donors (Lipinski definition) is 1. The second kappa shape index (κ2) is 7.86. The molecule has 1 N–H and O–H groups in total. The Hall–Kier alpha value is -0.782. The Bertz CT molecular complexity index is 480. The zero-order valence-corrected chi connectivity index (χ0v) is 14.7. The molecule has 0 spiro atoms. The van der Waals surface area contributed by atoms with Crippen LogP contribution in [0.5, 0.6) is 0 Å². The van der Waals surface area contributed by atoms with E-state index in [1.54, 1.807) is 5.01 Å². The van der Waals surface area contributed by atoms with Crippen LogP contribution in [0.15, 0.2) is 5.38 Å². The van der Waals surface area contributed by atoms with Crippen molar-refractivity contribution in [3.8, 4) is 0 Å². The van der Waals surface area contributed by atoms with E-state index in [4.69, 9.17) is 5.11 Å². The summed E-state index contributed by atoms with van der Waals surface area (Å²) >= 11 is 1.31. The van der Waals surface area contributed by atoms with Crippen LogP contribution in [0.2, 0.25) is 0 Å². The third-order valence-electron chi connectivity index (χ3n) is 3.00. The topological polar surface area (TPSA) is 73.7 Å². The van der Waals surface area contributed by atoms with Crippen molar-refractivity contribution in [2.45, 2.75) is 19.3 Å². The molecule has 1 aliphatic rings. The summed E-state index contributed by atoms with van der Waals surface area (Å²) in [7, 11) is 0.